The first kappa shape index (κ1) is 23.1. The lowest BCUT2D eigenvalue weighted by Crippen LogP contribution is -2.31. The summed E-state index contributed by atoms with van der Waals surface area (Å²) in [5.41, 5.74) is 2.24. The van der Waals surface area contributed by atoms with Gasteiger partial charge in [-0.3, -0.25) is 19.3 Å². The summed E-state index contributed by atoms with van der Waals surface area (Å²) in [7, 11) is 0. The lowest BCUT2D eigenvalue weighted by atomic mass is 9.87. The molecule has 2 amide bonds. The highest BCUT2D eigenvalue weighted by Crippen LogP contribution is 2.33. The standard InChI is InChI=1S/C21H26N2O4S2/c1-21(2,3)15-8-6-14(7-9-15)13-16-19(27)23(20(28)29-16)12-4-5-17(24)22-11-10-18(25)26/h6-9,13H,4-5,10-12H2,1-3H3,(H,22,24)(H,25,26)/b16-13-. The van der Waals surface area contributed by atoms with E-state index in [0.29, 0.717) is 22.2 Å². The topological polar surface area (TPSA) is 86.7 Å². The maximum atomic E-state index is 12.7. The Bertz CT molecular complexity index is 826. The van der Waals surface area contributed by atoms with Crippen molar-refractivity contribution in [3.05, 3.63) is 40.3 Å². The minimum Gasteiger partial charge on any atom is -0.481 e. The van der Waals surface area contributed by atoms with E-state index < -0.39 is 5.97 Å². The van der Waals surface area contributed by atoms with E-state index in [1.807, 2.05) is 18.2 Å². The van der Waals surface area contributed by atoms with Crippen LogP contribution in [-0.2, 0) is 19.8 Å². The van der Waals surface area contributed by atoms with Crippen LogP contribution in [0.2, 0.25) is 0 Å². The van der Waals surface area contributed by atoms with Crippen LogP contribution < -0.4 is 5.32 Å². The minimum atomic E-state index is -0.956. The van der Waals surface area contributed by atoms with Crippen molar-refractivity contribution < 1.29 is 19.5 Å². The van der Waals surface area contributed by atoms with Crippen molar-refractivity contribution in [2.75, 3.05) is 13.1 Å². The van der Waals surface area contributed by atoms with Crippen LogP contribution in [0.25, 0.3) is 6.08 Å². The van der Waals surface area contributed by atoms with E-state index in [2.05, 4.69) is 38.2 Å². The average molecular weight is 435 g/mol. The highest BCUT2D eigenvalue weighted by atomic mass is 32.2. The third-order valence-electron chi connectivity index (χ3n) is 4.39. The quantitative estimate of drug-likeness (QED) is 0.481. The van der Waals surface area contributed by atoms with Gasteiger partial charge in [-0.2, -0.15) is 0 Å². The Morgan fingerprint density at radius 1 is 1.21 bits per heavy atom. The largest absolute Gasteiger partial charge is 0.481 e. The van der Waals surface area contributed by atoms with Gasteiger partial charge in [0.05, 0.1) is 11.3 Å². The molecule has 1 aliphatic heterocycles. The van der Waals surface area contributed by atoms with Crippen LogP contribution in [0.3, 0.4) is 0 Å². The fraction of sp³-hybridized carbons (Fsp3) is 0.429. The number of benzene rings is 1. The molecule has 0 unspecified atom stereocenters. The number of carboxylic acids is 1. The van der Waals surface area contributed by atoms with E-state index >= 15 is 0 Å². The molecule has 1 saturated heterocycles. The van der Waals surface area contributed by atoms with Crippen molar-refractivity contribution in [2.24, 2.45) is 0 Å². The first-order chi connectivity index (χ1) is 13.6. The molecule has 0 radical (unpaired) electrons. The highest BCUT2D eigenvalue weighted by molar-refractivity contribution is 8.26. The number of carboxylic acid groups (broad SMARTS) is 1. The molecule has 1 aromatic carbocycles. The number of amides is 2. The first-order valence-corrected chi connectivity index (χ1v) is 10.6. The Labute approximate surface area is 180 Å². The van der Waals surface area contributed by atoms with Crippen LogP contribution in [-0.4, -0.2) is 45.2 Å². The third-order valence-corrected chi connectivity index (χ3v) is 5.77. The first-order valence-electron chi connectivity index (χ1n) is 9.42. The zero-order chi connectivity index (χ0) is 21.6. The predicted molar refractivity (Wildman–Crippen MR) is 120 cm³/mol. The van der Waals surface area contributed by atoms with Crippen LogP contribution in [0.1, 0.15) is 51.2 Å². The van der Waals surface area contributed by atoms with Crippen molar-refractivity contribution in [2.45, 2.75) is 45.4 Å². The van der Waals surface area contributed by atoms with E-state index in [0.717, 1.165) is 5.56 Å². The molecule has 1 aliphatic rings. The number of carbonyl (C=O) groups excluding carboxylic acids is 2. The molecular weight excluding hydrogens is 408 g/mol. The molecule has 29 heavy (non-hydrogen) atoms. The molecule has 0 aromatic heterocycles. The maximum absolute atomic E-state index is 12.7. The highest BCUT2D eigenvalue weighted by Gasteiger charge is 2.31. The van der Waals surface area contributed by atoms with Crippen LogP contribution in [0.15, 0.2) is 29.2 Å². The van der Waals surface area contributed by atoms with Gasteiger partial charge in [-0.1, -0.05) is 69.0 Å². The summed E-state index contributed by atoms with van der Waals surface area (Å²) in [6, 6.07) is 8.12. The smallest absolute Gasteiger partial charge is 0.305 e. The van der Waals surface area contributed by atoms with Crippen LogP contribution >= 0.6 is 24.0 Å². The molecule has 1 fully saturated rings. The van der Waals surface area contributed by atoms with Gasteiger partial charge in [0, 0.05) is 19.5 Å². The van der Waals surface area contributed by atoms with Crippen molar-refractivity contribution in [3.63, 3.8) is 0 Å². The summed E-state index contributed by atoms with van der Waals surface area (Å²) in [5.74, 6) is -1.33. The Morgan fingerprint density at radius 2 is 1.86 bits per heavy atom. The van der Waals surface area contributed by atoms with Crippen molar-refractivity contribution in [1.82, 2.24) is 10.2 Å². The lowest BCUT2D eigenvalue weighted by Gasteiger charge is -2.18. The molecule has 2 rings (SSSR count). The predicted octanol–water partition coefficient (Wildman–Crippen LogP) is 3.56. The second kappa shape index (κ2) is 10.0. The SMILES string of the molecule is CC(C)(C)c1ccc(/C=C2\SC(=S)N(CCCC(=O)NCCC(=O)O)C2=O)cc1. The third kappa shape index (κ3) is 6.97. The number of aliphatic carboxylic acids is 1. The molecule has 0 saturated carbocycles. The Kier molecular flexibility index (Phi) is 7.98. The van der Waals surface area contributed by atoms with E-state index in [9.17, 15) is 14.4 Å². The van der Waals surface area contributed by atoms with Gasteiger partial charge in [0.15, 0.2) is 0 Å². The van der Waals surface area contributed by atoms with Gasteiger partial charge in [0.2, 0.25) is 5.91 Å². The van der Waals surface area contributed by atoms with Crippen LogP contribution in [0.4, 0.5) is 0 Å². The van der Waals surface area contributed by atoms with Crippen molar-refractivity contribution >= 4 is 52.2 Å². The van der Waals surface area contributed by atoms with E-state index in [4.69, 9.17) is 17.3 Å². The second-order valence-corrected chi connectivity index (χ2v) is 9.48. The van der Waals surface area contributed by atoms with Gasteiger partial charge in [-0.05, 0) is 29.0 Å². The summed E-state index contributed by atoms with van der Waals surface area (Å²) < 4.78 is 0.485. The van der Waals surface area contributed by atoms with Gasteiger partial charge >= 0.3 is 5.97 Å². The van der Waals surface area contributed by atoms with E-state index in [-0.39, 0.29) is 36.6 Å². The molecule has 1 aromatic rings. The van der Waals surface area contributed by atoms with Gasteiger partial charge in [0.1, 0.15) is 4.32 Å². The van der Waals surface area contributed by atoms with Gasteiger partial charge in [-0.15, -0.1) is 0 Å². The fourth-order valence-corrected chi connectivity index (χ4v) is 4.03. The number of hydrogen-bond donors (Lipinski definition) is 2. The number of thiocarbonyl (C=S) groups is 1. The summed E-state index contributed by atoms with van der Waals surface area (Å²) in [5, 5.41) is 11.1. The molecular formula is C21H26N2O4S2. The number of nitrogens with one attached hydrogen (secondary N) is 1. The van der Waals surface area contributed by atoms with E-state index in [1.54, 1.807) is 0 Å². The number of carbonyl (C=O) groups is 3. The monoisotopic (exact) mass is 434 g/mol. The molecule has 0 spiro atoms. The second-order valence-electron chi connectivity index (χ2n) is 7.80. The summed E-state index contributed by atoms with van der Waals surface area (Å²) >= 11 is 6.58. The molecule has 0 atom stereocenters. The molecule has 2 N–H and O–H groups in total. The zero-order valence-corrected chi connectivity index (χ0v) is 18.5. The summed E-state index contributed by atoms with van der Waals surface area (Å²) in [6.07, 6.45) is 2.40. The molecule has 6 nitrogen and oxygen atoms in total. The Hall–Kier alpha value is -2.19. The Balaban J connectivity index is 1.89. The number of nitrogens with zero attached hydrogens (tertiary/aromatic N) is 1. The number of rotatable bonds is 8. The normalized spacial score (nSPS) is 15.8. The minimum absolute atomic E-state index is 0.0713. The van der Waals surface area contributed by atoms with Crippen LogP contribution in [0.5, 0.6) is 0 Å². The molecule has 1 heterocycles. The fourth-order valence-electron chi connectivity index (χ4n) is 2.72. The summed E-state index contributed by atoms with van der Waals surface area (Å²) in [6.45, 7) is 6.92. The molecule has 0 aliphatic carbocycles. The van der Waals surface area contributed by atoms with Crippen molar-refractivity contribution in [3.8, 4) is 0 Å². The molecule has 8 heteroatoms. The van der Waals surface area contributed by atoms with E-state index in [1.165, 1.54) is 22.2 Å². The maximum Gasteiger partial charge on any atom is 0.305 e. The number of hydrogen-bond acceptors (Lipinski definition) is 5. The summed E-state index contributed by atoms with van der Waals surface area (Å²) in [4.78, 5) is 36.9. The molecule has 156 valence electrons. The van der Waals surface area contributed by atoms with Gasteiger partial charge in [0.25, 0.3) is 5.91 Å². The average Bonchev–Trinajstić information content (AvgIpc) is 2.88. The van der Waals surface area contributed by atoms with Crippen molar-refractivity contribution in [1.29, 1.82) is 0 Å². The van der Waals surface area contributed by atoms with Gasteiger partial charge in [-0.25, -0.2) is 0 Å². The Morgan fingerprint density at radius 3 is 2.45 bits per heavy atom. The van der Waals surface area contributed by atoms with Gasteiger partial charge < -0.3 is 10.4 Å². The van der Waals surface area contributed by atoms with Crippen LogP contribution in [0, 0.1) is 0 Å². The molecule has 0 bridgehead atoms. The number of thioether (sulfide) groups is 1. The lowest BCUT2D eigenvalue weighted by molar-refractivity contribution is -0.137. The zero-order valence-electron chi connectivity index (χ0n) is 16.9.